The number of thiocarbonyl (C=S) groups is 1. The zero-order chi connectivity index (χ0) is 23.5. The molecule has 3 aromatic rings. The Morgan fingerprint density at radius 2 is 1.68 bits per heavy atom. The van der Waals surface area contributed by atoms with E-state index in [1.165, 1.54) is 36.0 Å². The van der Waals surface area contributed by atoms with E-state index in [2.05, 4.69) is 44.8 Å². The second kappa shape index (κ2) is 9.66. The van der Waals surface area contributed by atoms with E-state index < -0.39 is 0 Å². The van der Waals surface area contributed by atoms with Crippen LogP contribution in [0, 0.1) is 12.7 Å². The Hall–Kier alpha value is -3.06. The van der Waals surface area contributed by atoms with Crippen molar-refractivity contribution in [3.63, 3.8) is 0 Å². The average Bonchev–Trinajstić information content (AvgIpc) is 3.28. The highest BCUT2D eigenvalue weighted by Gasteiger charge is 2.34. The molecule has 0 unspecified atom stereocenters. The van der Waals surface area contributed by atoms with Gasteiger partial charge in [0.25, 0.3) is 0 Å². The Bertz CT molecular complexity index is 1150. The van der Waals surface area contributed by atoms with Crippen LogP contribution in [0.25, 0.3) is 0 Å². The SMILES string of the molecule is Cc1cc(N2Cc3ccccc3C2)nc(NC(=S)NCC2(c3ccc(F)cc3)CCCCC2)n1. The zero-order valence-electron chi connectivity index (χ0n) is 19.5. The van der Waals surface area contributed by atoms with Gasteiger partial charge in [0.2, 0.25) is 5.95 Å². The topological polar surface area (TPSA) is 53.1 Å². The van der Waals surface area contributed by atoms with Crippen molar-refractivity contribution >= 4 is 29.1 Å². The first-order chi connectivity index (χ1) is 16.5. The lowest BCUT2D eigenvalue weighted by Crippen LogP contribution is -2.43. The van der Waals surface area contributed by atoms with E-state index in [9.17, 15) is 4.39 Å². The molecule has 7 heteroatoms. The fourth-order valence-electron chi connectivity index (χ4n) is 5.26. The van der Waals surface area contributed by atoms with Crippen molar-refractivity contribution in [3.8, 4) is 0 Å². The predicted molar refractivity (Wildman–Crippen MR) is 138 cm³/mol. The molecule has 2 aromatic carbocycles. The van der Waals surface area contributed by atoms with Crippen molar-refractivity contribution in [2.45, 2.75) is 57.5 Å². The second-order valence-electron chi connectivity index (χ2n) is 9.47. The summed E-state index contributed by atoms with van der Waals surface area (Å²) in [6.07, 6.45) is 5.71. The first-order valence-corrected chi connectivity index (χ1v) is 12.4. The largest absolute Gasteiger partial charge is 0.361 e. The molecule has 1 aromatic heterocycles. The lowest BCUT2D eigenvalue weighted by atomic mass is 9.69. The number of anilines is 2. The van der Waals surface area contributed by atoms with Crippen LogP contribution in [0.3, 0.4) is 0 Å². The Morgan fingerprint density at radius 3 is 2.35 bits per heavy atom. The number of nitrogens with zero attached hydrogens (tertiary/aromatic N) is 3. The summed E-state index contributed by atoms with van der Waals surface area (Å²) in [7, 11) is 0. The van der Waals surface area contributed by atoms with Crippen molar-refractivity contribution in [2.75, 3.05) is 16.8 Å². The van der Waals surface area contributed by atoms with Crippen LogP contribution in [0.15, 0.2) is 54.6 Å². The maximum Gasteiger partial charge on any atom is 0.231 e. The van der Waals surface area contributed by atoms with Crippen LogP contribution in [0.1, 0.15) is 54.5 Å². The van der Waals surface area contributed by atoms with Crippen LogP contribution < -0.4 is 15.5 Å². The lowest BCUT2D eigenvalue weighted by molar-refractivity contribution is 0.292. The van der Waals surface area contributed by atoms with Crippen molar-refractivity contribution in [2.24, 2.45) is 0 Å². The summed E-state index contributed by atoms with van der Waals surface area (Å²) < 4.78 is 13.5. The van der Waals surface area contributed by atoms with E-state index >= 15 is 0 Å². The standard InChI is InChI=1S/C27H30FN5S/c1-19-15-24(33-16-20-7-3-4-8-21(20)17-33)31-25(30-19)32-26(34)29-18-27(13-5-2-6-14-27)22-9-11-23(28)12-10-22/h3-4,7-12,15H,2,5-6,13-14,16-18H2,1H3,(H2,29,30,31,32,34). The molecule has 0 atom stereocenters. The van der Waals surface area contributed by atoms with Crippen LogP contribution in [-0.4, -0.2) is 21.6 Å². The molecule has 5 nitrogen and oxygen atoms in total. The summed E-state index contributed by atoms with van der Waals surface area (Å²) in [4.78, 5) is 11.6. The third-order valence-corrected chi connectivity index (χ3v) is 7.33. The smallest absolute Gasteiger partial charge is 0.231 e. The molecule has 2 N–H and O–H groups in total. The molecule has 2 heterocycles. The van der Waals surface area contributed by atoms with Gasteiger partial charge in [-0.1, -0.05) is 55.7 Å². The molecular formula is C27H30FN5S. The van der Waals surface area contributed by atoms with Crippen LogP contribution in [0.2, 0.25) is 0 Å². The van der Waals surface area contributed by atoms with Crippen LogP contribution in [-0.2, 0) is 18.5 Å². The Morgan fingerprint density at radius 1 is 1.00 bits per heavy atom. The van der Waals surface area contributed by atoms with E-state index in [-0.39, 0.29) is 11.2 Å². The Balaban J connectivity index is 1.27. The monoisotopic (exact) mass is 475 g/mol. The fraction of sp³-hybridized carbons (Fsp3) is 0.370. The molecule has 1 aliphatic heterocycles. The summed E-state index contributed by atoms with van der Waals surface area (Å²) >= 11 is 5.63. The first kappa shape index (κ1) is 22.7. The number of halogens is 1. The number of aryl methyl sites for hydroxylation is 1. The maximum atomic E-state index is 13.5. The van der Waals surface area contributed by atoms with Gasteiger partial charge in [0.1, 0.15) is 11.6 Å². The normalized spacial score (nSPS) is 16.7. The van der Waals surface area contributed by atoms with E-state index in [4.69, 9.17) is 17.2 Å². The van der Waals surface area contributed by atoms with Gasteiger partial charge in [0.15, 0.2) is 5.11 Å². The number of nitrogens with one attached hydrogen (secondary N) is 2. The van der Waals surface area contributed by atoms with Crippen molar-refractivity contribution in [3.05, 3.63) is 82.8 Å². The minimum Gasteiger partial charge on any atom is -0.361 e. The van der Waals surface area contributed by atoms with Crippen molar-refractivity contribution < 1.29 is 4.39 Å². The molecular weight excluding hydrogens is 445 g/mol. The van der Waals surface area contributed by atoms with Gasteiger partial charge in [0.05, 0.1) is 0 Å². The van der Waals surface area contributed by atoms with E-state index in [0.717, 1.165) is 37.4 Å². The molecule has 1 saturated carbocycles. The maximum absolute atomic E-state index is 13.5. The van der Waals surface area contributed by atoms with E-state index in [1.807, 2.05) is 25.1 Å². The number of rotatable bonds is 5. The van der Waals surface area contributed by atoms with Crippen molar-refractivity contribution in [1.82, 2.24) is 15.3 Å². The third kappa shape index (κ3) is 4.89. The van der Waals surface area contributed by atoms with Gasteiger partial charge in [-0.25, -0.2) is 9.37 Å². The molecule has 176 valence electrons. The van der Waals surface area contributed by atoms with Crippen LogP contribution in [0.4, 0.5) is 16.2 Å². The number of aromatic nitrogens is 2. The molecule has 0 bridgehead atoms. The van der Waals surface area contributed by atoms with Crippen molar-refractivity contribution in [1.29, 1.82) is 0 Å². The first-order valence-electron chi connectivity index (χ1n) is 12.0. The average molecular weight is 476 g/mol. The minimum atomic E-state index is -0.201. The molecule has 5 rings (SSSR count). The number of benzene rings is 2. The second-order valence-corrected chi connectivity index (χ2v) is 9.88. The molecule has 1 fully saturated rings. The third-order valence-electron chi connectivity index (χ3n) is 7.09. The van der Waals surface area contributed by atoms with Crippen LogP contribution in [0.5, 0.6) is 0 Å². The Kier molecular flexibility index (Phi) is 6.46. The minimum absolute atomic E-state index is 0.0440. The predicted octanol–water partition coefficient (Wildman–Crippen LogP) is 5.63. The highest BCUT2D eigenvalue weighted by Crippen LogP contribution is 2.39. The molecule has 34 heavy (non-hydrogen) atoms. The molecule has 0 radical (unpaired) electrons. The summed E-state index contributed by atoms with van der Waals surface area (Å²) in [5.41, 5.74) is 4.69. The summed E-state index contributed by atoms with van der Waals surface area (Å²) in [5, 5.41) is 7.11. The summed E-state index contributed by atoms with van der Waals surface area (Å²) in [5.74, 6) is 1.19. The van der Waals surface area contributed by atoms with Crippen LogP contribution >= 0.6 is 12.2 Å². The molecule has 0 spiro atoms. The lowest BCUT2D eigenvalue weighted by Gasteiger charge is -2.38. The van der Waals surface area contributed by atoms with Gasteiger partial charge in [-0.2, -0.15) is 4.98 Å². The van der Waals surface area contributed by atoms with Gasteiger partial charge in [-0.3, -0.25) is 0 Å². The van der Waals surface area contributed by atoms with Gasteiger partial charge in [-0.05, 0) is 60.8 Å². The van der Waals surface area contributed by atoms with E-state index in [1.54, 1.807) is 12.1 Å². The molecule has 0 amide bonds. The number of hydrogen-bond acceptors (Lipinski definition) is 4. The molecule has 2 aliphatic rings. The highest BCUT2D eigenvalue weighted by molar-refractivity contribution is 7.80. The molecule has 0 saturated heterocycles. The zero-order valence-corrected chi connectivity index (χ0v) is 20.3. The number of hydrogen-bond donors (Lipinski definition) is 2. The van der Waals surface area contributed by atoms with E-state index in [0.29, 0.717) is 17.6 Å². The molecule has 1 aliphatic carbocycles. The summed E-state index contributed by atoms with van der Waals surface area (Å²) in [6, 6.07) is 17.5. The number of fused-ring (bicyclic) bond motifs is 1. The highest BCUT2D eigenvalue weighted by atomic mass is 32.1. The Labute approximate surface area is 205 Å². The van der Waals surface area contributed by atoms with Gasteiger partial charge >= 0.3 is 0 Å². The van der Waals surface area contributed by atoms with Gasteiger partial charge in [-0.15, -0.1) is 0 Å². The fourth-order valence-corrected chi connectivity index (χ4v) is 5.42. The van der Waals surface area contributed by atoms with Gasteiger partial charge in [0, 0.05) is 36.8 Å². The quantitative estimate of drug-likeness (QED) is 0.466. The summed E-state index contributed by atoms with van der Waals surface area (Å²) in [6.45, 7) is 4.36. The van der Waals surface area contributed by atoms with Gasteiger partial charge < -0.3 is 15.5 Å².